The van der Waals surface area contributed by atoms with Crippen molar-refractivity contribution < 1.29 is 8.42 Å². The summed E-state index contributed by atoms with van der Waals surface area (Å²) in [4.78, 5) is 14.3. The number of aromatic nitrogens is 2. The summed E-state index contributed by atoms with van der Waals surface area (Å²) in [7, 11) is -1.20. The molecule has 9 heteroatoms. The molecule has 0 spiro atoms. The fourth-order valence-corrected chi connectivity index (χ4v) is 3.01. The van der Waals surface area contributed by atoms with Gasteiger partial charge in [-0.1, -0.05) is 30.3 Å². The maximum absolute atomic E-state index is 11.1. The van der Waals surface area contributed by atoms with Crippen molar-refractivity contribution in [2.75, 3.05) is 32.9 Å². The number of hydrogen-bond donors (Lipinski definition) is 3. The molecule has 0 bridgehead atoms. The van der Waals surface area contributed by atoms with Gasteiger partial charge < -0.3 is 15.2 Å². The minimum Gasteiger partial charge on any atom is -0.357 e. The number of rotatable bonds is 9. The van der Waals surface area contributed by atoms with E-state index in [2.05, 4.69) is 25.0 Å². The highest BCUT2D eigenvalue weighted by molar-refractivity contribution is 7.88. The lowest BCUT2D eigenvalue weighted by Gasteiger charge is -2.21. The van der Waals surface area contributed by atoms with E-state index in [0.717, 1.165) is 35.8 Å². The van der Waals surface area contributed by atoms with Crippen molar-refractivity contribution in [3.63, 3.8) is 0 Å². The van der Waals surface area contributed by atoms with E-state index in [4.69, 9.17) is 0 Å². The Balaban J connectivity index is 1.93. The molecule has 148 valence electrons. The van der Waals surface area contributed by atoms with E-state index in [0.29, 0.717) is 26.1 Å². The van der Waals surface area contributed by atoms with Crippen LogP contribution in [-0.2, 0) is 16.6 Å². The molecule has 1 aromatic carbocycles. The molecule has 2 rings (SSSR count). The zero-order valence-corrected chi connectivity index (χ0v) is 16.9. The van der Waals surface area contributed by atoms with Crippen molar-refractivity contribution >= 4 is 16.0 Å². The lowest BCUT2D eigenvalue weighted by molar-refractivity contribution is 0.463. The third kappa shape index (κ3) is 7.40. The number of guanidine groups is 1. The predicted octanol–water partition coefficient (Wildman–Crippen LogP) is 1.41. The lowest BCUT2D eigenvalue weighted by Crippen LogP contribution is -2.39. The van der Waals surface area contributed by atoms with Crippen LogP contribution in [0.5, 0.6) is 0 Å². The Labute approximate surface area is 161 Å². The van der Waals surface area contributed by atoms with Gasteiger partial charge in [0.1, 0.15) is 5.82 Å². The molecule has 3 N–H and O–H groups in total. The second kappa shape index (κ2) is 10.1. The van der Waals surface area contributed by atoms with Gasteiger partial charge in [0.2, 0.25) is 10.0 Å². The van der Waals surface area contributed by atoms with Crippen LogP contribution in [0.3, 0.4) is 0 Å². The predicted molar refractivity (Wildman–Crippen MR) is 109 cm³/mol. The molecular formula is C18H28N6O2S. The molecule has 0 amide bonds. The number of imidazole rings is 1. The molecule has 0 fully saturated rings. The number of aliphatic imine (C=N–C) groups is 1. The Morgan fingerprint density at radius 3 is 2.70 bits per heavy atom. The summed E-state index contributed by atoms with van der Waals surface area (Å²) in [6.07, 6.45) is 3.62. The molecule has 1 aromatic heterocycles. The van der Waals surface area contributed by atoms with Crippen LogP contribution in [0, 0.1) is 0 Å². The first-order chi connectivity index (χ1) is 12.9. The topological polar surface area (TPSA) is 102 Å². The van der Waals surface area contributed by atoms with Crippen LogP contribution in [-0.4, -0.2) is 62.2 Å². The van der Waals surface area contributed by atoms with Crippen LogP contribution in [0.4, 0.5) is 0 Å². The van der Waals surface area contributed by atoms with Gasteiger partial charge in [0, 0.05) is 26.7 Å². The smallest absolute Gasteiger partial charge is 0.208 e. The fraction of sp³-hybridized carbons (Fsp3) is 0.444. The van der Waals surface area contributed by atoms with Crippen LogP contribution in [0.15, 0.2) is 41.5 Å². The van der Waals surface area contributed by atoms with Gasteiger partial charge in [-0.25, -0.2) is 18.1 Å². The van der Waals surface area contributed by atoms with Gasteiger partial charge in [-0.3, -0.25) is 4.99 Å². The van der Waals surface area contributed by atoms with Gasteiger partial charge in [0.25, 0.3) is 0 Å². The lowest BCUT2D eigenvalue weighted by atomic mass is 10.2. The highest BCUT2D eigenvalue weighted by Gasteiger charge is 2.10. The molecular weight excluding hydrogens is 364 g/mol. The Morgan fingerprint density at radius 1 is 1.30 bits per heavy atom. The standard InChI is InChI=1S/C18H28N6O2S/c1-4-19-18(20-11-8-12-22-27(3,25)26)24(2)14-17-21-13-16(23-17)15-9-6-5-7-10-15/h5-7,9-10,13,22H,4,8,11-12,14H2,1-3H3,(H,19,20)(H,21,23). The summed E-state index contributed by atoms with van der Waals surface area (Å²) < 4.78 is 24.6. The van der Waals surface area contributed by atoms with Crippen molar-refractivity contribution in [2.24, 2.45) is 4.99 Å². The van der Waals surface area contributed by atoms with E-state index in [-0.39, 0.29) is 0 Å². The number of nitrogens with one attached hydrogen (secondary N) is 3. The Bertz CT molecular complexity index is 833. The highest BCUT2D eigenvalue weighted by Crippen LogP contribution is 2.16. The van der Waals surface area contributed by atoms with Crippen LogP contribution in [0.2, 0.25) is 0 Å². The fourth-order valence-electron chi connectivity index (χ4n) is 2.50. The summed E-state index contributed by atoms with van der Waals surface area (Å²) in [6, 6.07) is 10.1. The molecule has 0 radical (unpaired) electrons. The van der Waals surface area contributed by atoms with Gasteiger partial charge in [-0.2, -0.15) is 0 Å². The second-order valence-electron chi connectivity index (χ2n) is 6.22. The Kier molecular flexibility index (Phi) is 7.81. The molecule has 2 aromatic rings. The van der Waals surface area contributed by atoms with Crippen LogP contribution in [0.1, 0.15) is 19.2 Å². The maximum atomic E-state index is 11.1. The van der Waals surface area contributed by atoms with Gasteiger partial charge >= 0.3 is 0 Å². The zero-order chi connectivity index (χ0) is 19.7. The molecule has 8 nitrogen and oxygen atoms in total. The molecule has 0 atom stereocenters. The summed E-state index contributed by atoms with van der Waals surface area (Å²) in [5.41, 5.74) is 2.07. The van der Waals surface area contributed by atoms with Crippen LogP contribution in [0.25, 0.3) is 11.3 Å². The largest absolute Gasteiger partial charge is 0.357 e. The van der Waals surface area contributed by atoms with E-state index in [1.165, 1.54) is 0 Å². The zero-order valence-electron chi connectivity index (χ0n) is 16.1. The molecule has 0 saturated carbocycles. The molecule has 0 aliphatic heterocycles. The van der Waals surface area contributed by atoms with Crippen LogP contribution >= 0.6 is 0 Å². The minimum absolute atomic E-state index is 0.379. The van der Waals surface area contributed by atoms with Crippen molar-refractivity contribution in [1.82, 2.24) is 24.9 Å². The van der Waals surface area contributed by atoms with Gasteiger partial charge in [-0.15, -0.1) is 0 Å². The molecule has 0 aliphatic rings. The van der Waals surface area contributed by atoms with Crippen molar-refractivity contribution in [1.29, 1.82) is 0 Å². The van der Waals surface area contributed by atoms with E-state index in [9.17, 15) is 8.42 Å². The molecule has 0 unspecified atom stereocenters. The van der Waals surface area contributed by atoms with Crippen molar-refractivity contribution in [3.05, 3.63) is 42.4 Å². The number of H-pyrrole nitrogens is 1. The van der Waals surface area contributed by atoms with Gasteiger partial charge in [0.15, 0.2) is 5.96 Å². The third-order valence-electron chi connectivity index (χ3n) is 3.76. The Morgan fingerprint density at radius 2 is 2.04 bits per heavy atom. The summed E-state index contributed by atoms with van der Waals surface area (Å²) >= 11 is 0. The van der Waals surface area contributed by atoms with E-state index < -0.39 is 10.0 Å². The molecule has 0 saturated heterocycles. The quantitative estimate of drug-likeness (QED) is 0.340. The van der Waals surface area contributed by atoms with E-state index in [1.807, 2.05) is 55.4 Å². The minimum atomic E-state index is -3.15. The molecule has 27 heavy (non-hydrogen) atoms. The SMILES string of the molecule is CCNC(=NCCCNS(C)(=O)=O)N(C)Cc1ncc(-c2ccccc2)[nH]1. The highest BCUT2D eigenvalue weighted by atomic mass is 32.2. The first-order valence-electron chi connectivity index (χ1n) is 8.92. The van der Waals surface area contributed by atoms with E-state index >= 15 is 0 Å². The second-order valence-corrected chi connectivity index (χ2v) is 8.05. The first-order valence-corrected chi connectivity index (χ1v) is 10.8. The van der Waals surface area contributed by atoms with E-state index in [1.54, 1.807) is 0 Å². The summed E-state index contributed by atoms with van der Waals surface area (Å²) in [5.74, 6) is 1.61. The number of aromatic amines is 1. The van der Waals surface area contributed by atoms with Crippen molar-refractivity contribution in [3.8, 4) is 11.3 Å². The maximum Gasteiger partial charge on any atom is 0.208 e. The summed E-state index contributed by atoms with van der Waals surface area (Å²) in [5, 5.41) is 3.24. The Hall–Kier alpha value is -2.39. The first kappa shape index (κ1) is 20.9. The van der Waals surface area contributed by atoms with Gasteiger partial charge in [-0.05, 0) is 18.9 Å². The van der Waals surface area contributed by atoms with Crippen molar-refractivity contribution in [2.45, 2.75) is 19.9 Å². The monoisotopic (exact) mass is 392 g/mol. The number of nitrogens with zero attached hydrogens (tertiary/aromatic N) is 3. The number of benzene rings is 1. The molecule has 0 aliphatic carbocycles. The number of hydrogen-bond acceptors (Lipinski definition) is 4. The molecule has 1 heterocycles. The van der Waals surface area contributed by atoms with Crippen LogP contribution < -0.4 is 10.0 Å². The average Bonchev–Trinajstić information content (AvgIpc) is 3.09. The number of sulfonamides is 1. The third-order valence-corrected chi connectivity index (χ3v) is 4.49. The average molecular weight is 393 g/mol. The summed E-state index contributed by atoms with van der Waals surface area (Å²) in [6.45, 7) is 4.25. The normalized spacial score (nSPS) is 12.2. The van der Waals surface area contributed by atoms with Gasteiger partial charge in [0.05, 0.1) is 24.7 Å².